The third-order valence-electron chi connectivity index (χ3n) is 4.55. The first kappa shape index (κ1) is 16.8. The Morgan fingerprint density at radius 3 is 2.77 bits per heavy atom. The molecule has 0 radical (unpaired) electrons. The van der Waals surface area contributed by atoms with E-state index in [0.717, 1.165) is 24.2 Å². The van der Waals surface area contributed by atoms with Crippen molar-refractivity contribution in [1.29, 1.82) is 0 Å². The van der Waals surface area contributed by atoms with Gasteiger partial charge in [-0.3, -0.25) is 9.48 Å². The van der Waals surface area contributed by atoms with Crippen molar-refractivity contribution in [3.05, 3.63) is 60.0 Å². The lowest BCUT2D eigenvalue weighted by atomic mass is 9.96. The van der Waals surface area contributed by atoms with Crippen molar-refractivity contribution in [3.8, 4) is 11.3 Å². The molecule has 0 atom stereocenters. The number of fused-ring (bicyclic) bond motifs is 1. The summed E-state index contributed by atoms with van der Waals surface area (Å²) in [6.45, 7) is 1.41. The fourth-order valence-electron chi connectivity index (χ4n) is 3.16. The summed E-state index contributed by atoms with van der Waals surface area (Å²) >= 11 is 1.38. The third kappa shape index (κ3) is 3.48. The number of aryl methyl sites for hydroxylation is 1. The number of carbonyl (C=O) groups is 1. The van der Waals surface area contributed by atoms with Gasteiger partial charge in [0, 0.05) is 44.3 Å². The number of hydrogen-bond donors (Lipinski definition) is 0. The van der Waals surface area contributed by atoms with Crippen LogP contribution >= 0.6 is 11.8 Å². The van der Waals surface area contributed by atoms with Crippen molar-refractivity contribution in [2.24, 2.45) is 7.05 Å². The minimum Gasteiger partial charge on any atom is -0.337 e. The van der Waals surface area contributed by atoms with Crippen molar-refractivity contribution >= 4 is 17.7 Å². The molecule has 6 nitrogen and oxygen atoms in total. The van der Waals surface area contributed by atoms with Crippen LogP contribution in [0.3, 0.4) is 0 Å². The van der Waals surface area contributed by atoms with Crippen LogP contribution in [0.5, 0.6) is 0 Å². The summed E-state index contributed by atoms with van der Waals surface area (Å²) in [5.41, 5.74) is 4.74. The van der Waals surface area contributed by atoms with Crippen LogP contribution in [-0.4, -0.2) is 42.9 Å². The second-order valence-electron chi connectivity index (χ2n) is 6.21. The van der Waals surface area contributed by atoms with E-state index in [4.69, 9.17) is 0 Å². The molecular weight excluding hydrogens is 346 g/mol. The van der Waals surface area contributed by atoms with Crippen molar-refractivity contribution in [1.82, 2.24) is 24.6 Å². The fraction of sp³-hybridized carbons (Fsp3) is 0.263. The Morgan fingerprint density at radius 1 is 1.15 bits per heavy atom. The molecule has 0 saturated heterocycles. The van der Waals surface area contributed by atoms with E-state index in [1.165, 1.54) is 22.9 Å². The maximum absolute atomic E-state index is 12.6. The molecule has 0 fully saturated rings. The Bertz CT molecular complexity index is 925. The van der Waals surface area contributed by atoms with Gasteiger partial charge in [-0.1, -0.05) is 23.9 Å². The highest BCUT2D eigenvalue weighted by Crippen LogP contribution is 2.26. The minimum absolute atomic E-state index is 0.124. The first-order valence-electron chi connectivity index (χ1n) is 8.48. The number of carbonyl (C=O) groups excluding carboxylic acids is 1. The van der Waals surface area contributed by atoms with E-state index < -0.39 is 0 Å². The molecule has 0 spiro atoms. The molecule has 2 aromatic heterocycles. The average Bonchev–Trinajstić information content (AvgIpc) is 3.12. The Hall–Kier alpha value is -2.67. The Labute approximate surface area is 156 Å². The quantitative estimate of drug-likeness (QED) is 0.525. The molecule has 0 saturated carbocycles. The van der Waals surface area contributed by atoms with E-state index in [0.29, 0.717) is 17.5 Å². The van der Waals surface area contributed by atoms with E-state index in [2.05, 4.69) is 33.3 Å². The summed E-state index contributed by atoms with van der Waals surface area (Å²) in [5.74, 6) is 0.486. The van der Waals surface area contributed by atoms with Gasteiger partial charge < -0.3 is 4.90 Å². The highest BCUT2D eigenvalue weighted by atomic mass is 32.2. The van der Waals surface area contributed by atoms with Crippen molar-refractivity contribution < 1.29 is 4.79 Å². The number of rotatable bonds is 4. The van der Waals surface area contributed by atoms with E-state index in [1.54, 1.807) is 24.7 Å². The van der Waals surface area contributed by atoms with Crippen LogP contribution in [0.25, 0.3) is 11.3 Å². The third-order valence-corrected chi connectivity index (χ3v) is 5.42. The second-order valence-corrected chi connectivity index (χ2v) is 7.15. The summed E-state index contributed by atoms with van der Waals surface area (Å²) in [6.07, 6.45) is 6.07. The Kier molecular flexibility index (Phi) is 4.71. The smallest absolute Gasteiger partial charge is 0.233 e. The number of benzene rings is 1. The van der Waals surface area contributed by atoms with E-state index in [9.17, 15) is 4.79 Å². The van der Waals surface area contributed by atoms with Gasteiger partial charge in [-0.2, -0.15) is 5.10 Å². The SMILES string of the molecule is Cn1nccc1-c1ccc2c(c1)CN(C(=O)CSc1ncccn1)CC2. The molecule has 1 aliphatic rings. The molecular formula is C19H19N5OS. The monoisotopic (exact) mass is 365 g/mol. The first-order chi connectivity index (χ1) is 12.7. The van der Waals surface area contributed by atoms with Gasteiger partial charge in [0.05, 0.1) is 11.4 Å². The normalized spacial score (nSPS) is 13.5. The van der Waals surface area contributed by atoms with Gasteiger partial charge in [0.25, 0.3) is 0 Å². The molecule has 1 aliphatic heterocycles. The van der Waals surface area contributed by atoms with Crippen LogP contribution in [0, 0.1) is 0 Å². The molecule has 0 N–H and O–H groups in total. The number of amides is 1. The average molecular weight is 365 g/mol. The number of hydrogen-bond acceptors (Lipinski definition) is 5. The summed E-state index contributed by atoms with van der Waals surface area (Å²) in [7, 11) is 1.94. The second kappa shape index (κ2) is 7.29. The lowest BCUT2D eigenvalue weighted by molar-refractivity contribution is -0.129. The van der Waals surface area contributed by atoms with E-state index >= 15 is 0 Å². The van der Waals surface area contributed by atoms with Crippen LogP contribution in [0.2, 0.25) is 0 Å². The van der Waals surface area contributed by atoms with Crippen molar-refractivity contribution in [2.45, 2.75) is 18.1 Å². The molecule has 0 bridgehead atoms. The van der Waals surface area contributed by atoms with Gasteiger partial charge in [0.2, 0.25) is 5.91 Å². The lowest BCUT2D eigenvalue weighted by Gasteiger charge is -2.29. The number of thioether (sulfide) groups is 1. The molecule has 26 heavy (non-hydrogen) atoms. The van der Waals surface area contributed by atoms with E-state index in [-0.39, 0.29) is 5.91 Å². The van der Waals surface area contributed by atoms with Crippen LogP contribution in [0.4, 0.5) is 0 Å². The summed E-state index contributed by atoms with van der Waals surface area (Å²) < 4.78 is 1.87. The van der Waals surface area contributed by atoms with Gasteiger partial charge in [0.15, 0.2) is 5.16 Å². The largest absolute Gasteiger partial charge is 0.337 e. The standard InChI is InChI=1S/C19H19N5OS/c1-23-17(5-9-22-23)15-4-3-14-6-10-24(12-16(14)11-15)18(25)13-26-19-20-7-2-8-21-19/h2-5,7-9,11H,6,10,12-13H2,1H3. The number of nitrogens with zero attached hydrogens (tertiary/aromatic N) is 5. The molecule has 1 amide bonds. The molecule has 0 unspecified atom stereocenters. The summed E-state index contributed by atoms with van der Waals surface area (Å²) in [5, 5.41) is 4.87. The predicted octanol–water partition coefficient (Wildman–Crippen LogP) is 2.55. The topological polar surface area (TPSA) is 63.9 Å². The molecule has 7 heteroatoms. The molecule has 0 aliphatic carbocycles. The zero-order chi connectivity index (χ0) is 17.9. The molecule has 132 valence electrons. The molecule has 1 aromatic carbocycles. The maximum Gasteiger partial charge on any atom is 0.233 e. The summed E-state index contributed by atoms with van der Waals surface area (Å²) in [6, 6.07) is 10.3. The van der Waals surface area contributed by atoms with Gasteiger partial charge in [-0.15, -0.1) is 0 Å². The van der Waals surface area contributed by atoms with Crippen molar-refractivity contribution in [3.63, 3.8) is 0 Å². The van der Waals surface area contributed by atoms with Gasteiger partial charge in [0.1, 0.15) is 0 Å². The maximum atomic E-state index is 12.6. The van der Waals surface area contributed by atoms with E-state index in [1.807, 2.05) is 22.7 Å². The Morgan fingerprint density at radius 2 is 2.00 bits per heavy atom. The van der Waals surface area contributed by atoms with Gasteiger partial charge >= 0.3 is 0 Å². The molecule has 4 rings (SSSR count). The van der Waals surface area contributed by atoms with Crippen LogP contribution in [0.1, 0.15) is 11.1 Å². The highest BCUT2D eigenvalue weighted by molar-refractivity contribution is 7.99. The lowest BCUT2D eigenvalue weighted by Crippen LogP contribution is -2.37. The van der Waals surface area contributed by atoms with Crippen LogP contribution in [-0.2, 0) is 24.8 Å². The fourth-order valence-corrected chi connectivity index (χ4v) is 3.87. The van der Waals surface area contributed by atoms with Crippen LogP contribution < -0.4 is 0 Å². The highest BCUT2D eigenvalue weighted by Gasteiger charge is 2.21. The zero-order valence-electron chi connectivity index (χ0n) is 14.5. The van der Waals surface area contributed by atoms with Crippen molar-refractivity contribution in [2.75, 3.05) is 12.3 Å². The number of aromatic nitrogens is 4. The first-order valence-corrected chi connectivity index (χ1v) is 9.47. The Balaban J connectivity index is 1.46. The van der Waals surface area contributed by atoms with Crippen LogP contribution in [0.15, 0.2) is 54.1 Å². The predicted molar refractivity (Wildman–Crippen MR) is 101 cm³/mol. The summed E-state index contributed by atoms with van der Waals surface area (Å²) in [4.78, 5) is 22.8. The minimum atomic E-state index is 0.124. The zero-order valence-corrected chi connectivity index (χ0v) is 15.3. The molecule has 3 aromatic rings. The molecule has 3 heterocycles. The van der Waals surface area contributed by atoms with Gasteiger partial charge in [-0.25, -0.2) is 9.97 Å². The van der Waals surface area contributed by atoms with Gasteiger partial charge in [-0.05, 0) is 35.7 Å².